The number of hydroxylamine groups is 1. The number of nitrogens with zero attached hydrogens (tertiary/aromatic N) is 1. The van der Waals surface area contributed by atoms with Gasteiger partial charge in [0.2, 0.25) is 10.0 Å². The summed E-state index contributed by atoms with van der Waals surface area (Å²) in [6.07, 6.45) is 1.87. The largest absolute Gasteiger partial charge is 0.489 e. The van der Waals surface area contributed by atoms with Gasteiger partial charge in [0, 0.05) is 6.54 Å². The first-order chi connectivity index (χ1) is 14.0. The predicted octanol–water partition coefficient (Wildman–Crippen LogP) is 1.51. The fourth-order valence-corrected chi connectivity index (χ4v) is 4.28. The van der Waals surface area contributed by atoms with Gasteiger partial charge in [0.05, 0.1) is 4.90 Å². The number of nitrogens with one attached hydrogen (secondary N) is 2. The van der Waals surface area contributed by atoms with E-state index in [1.165, 1.54) is 12.1 Å². The van der Waals surface area contributed by atoms with Crippen molar-refractivity contribution in [2.24, 2.45) is 0 Å². The van der Waals surface area contributed by atoms with Crippen LogP contribution in [0, 0.1) is 0 Å². The summed E-state index contributed by atoms with van der Waals surface area (Å²) in [6.45, 7) is 1.64. The second-order valence-electron chi connectivity index (χ2n) is 6.83. The van der Waals surface area contributed by atoms with Crippen molar-refractivity contribution in [3.8, 4) is 5.75 Å². The molecule has 1 fully saturated rings. The van der Waals surface area contributed by atoms with Crippen molar-refractivity contribution in [2.75, 3.05) is 19.6 Å². The topological polar surface area (TPSA) is 108 Å². The van der Waals surface area contributed by atoms with Gasteiger partial charge in [-0.05, 0) is 55.8 Å². The van der Waals surface area contributed by atoms with Gasteiger partial charge < -0.3 is 4.74 Å². The molecule has 1 atom stereocenters. The van der Waals surface area contributed by atoms with Gasteiger partial charge in [-0.2, -0.15) is 0 Å². The maximum Gasteiger partial charge on any atom is 0.262 e. The molecule has 0 aliphatic carbocycles. The molecule has 2 aromatic carbocycles. The Hall–Kier alpha value is -2.46. The Morgan fingerprint density at radius 2 is 1.72 bits per heavy atom. The highest BCUT2D eigenvalue weighted by molar-refractivity contribution is 7.89. The van der Waals surface area contributed by atoms with E-state index in [0.29, 0.717) is 25.4 Å². The highest BCUT2D eigenvalue weighted by atomic mass is 32.2. The second kappa shape index (κ2) is 9.84. The van der Waals surface area contributed by atoms with Gasteiger partial charge in [0.25, 0.3) is 5.91 Å². The molecule has 0 radical (unpaired) electrons. The summed E-state index contributed by atoms with van der Waals surface area (Å²) in [6, 6.07) is 15.0. The number of hydrogen-bond donors (Lipinski definition) is 3. The van der Waals surface area contributed by atoms with E-state index in [4.69, 9.17) is 9.94 Å². The van der Waals surface area contributed by atoms with Crippen LogP contribution in [0.2, 0.25) is 0 Å². The van der Waals surface area contributed by atoms with E-state index in [9.17, 15) is 13.2 Å². The highest BCUT2D eigenvalue weighted by Gasteiger charge is 2.29. The summed E-state index contributed by atoms with van der Waals surface area (Å²) in [5, 5.41) is 8.96. The summed E-state index contributed by atoms with van der Waals surface area (Å²) in [5.74, 6) is -0.0679. The van der Waals surface area contributed by atoms with Crippen LogP contribution < -0.4 is 14.9 Å². The van der Waals surface area contributed by atoms with Gasteiger partial charge >= 0.3 is 0 Å². The minimum Gasteiger partial charge on any atom is -0.489 e. The molecule has 8 nitrogen and oxygen atoms in total. The van der Waals surface area contributed by atoms with Crippen molar-refractivity contribution < 1.29 is 23.2 Å². The van der Waals surface area contributed by atoms with Gasteiger partial charge in [0.15, 0.2) is 0 Å². The lowest BCUT2D eigenvalue weighted by molar-refractivity contribution is -0.134. The molecule has 1 aliphatic rings. The zero-order valence-corrected chi connectivity index (χ0v) is 16.8. The summed E-state index contributed by atoms with van der Waals surface area (Å²) in [7, 11) is -3.80. The normalized spacial score (nSPS) is 15.8. The molecule has 0 saturated carbocycles. The molecule has 9 heteroatoms. The summed E-state index contributed by atoms with van der Waals surface area (Å²) in [4.78, 5) is 13.9. The molecular formula is C20H25N3O5S. The molecule has 29 heavy (non-hydrogen) atoms. The van der Waals surface area contributed by atoms with E-state index in [1.54, 1.807) is 17.6 Å². The number of carbonyl (C=O) groups excluding carboxylic acids is 1. The first kappa shape index (κ1) is 21.3. The molecular weight excluding hydrogens is 394 g/mol. The molecule has 0 bridgehead atoms. The molecule has 3 rings (SSSR count). The predicted molar refractivity (Wildman–Crippen MR) is 107 cm³/mol. The van der Waals surface area contributed by atoms with Crippen LogP contribution in [0.3, 0.4) is 0 Å². The minimum atomic E-state index is -3.80. The van der Waals surface area contributed by atoms with E-state index in [-0.39, 0.29) is 11.4 Å². The van der Waals surface area contributed by atoms with Crippen molar-refractivity contribution in [2.45, 2.75) is 30.4 Å². The first-order valence-electron chi connectivity index (χ1n) is 9.44. The van der Waals surface area contributed by atoms with E-state index >= 15 is 0 Å². The maximum absolute atomic E-state index is 12.6. The Morgan fingerprint density at radius 1 is 1.07 bits per heavy atom. The molecule has 0 spiro atoms. The molecule has 2 aromatic rings. The molecule has 3 N–H and O–H groups in total. The monoisotopic (exact) mass is 419 g/mol. The Morgan fingerprint density at radius 3 is 2.34 bits per heavy atom. The standard InChI is InChI=1S/C20H25N3O5S/c24-20(22-25)19(23-12-4-5-13-23)14-21-29(26,27)18-10-8-17(9-11-18)28-15-16-6-2-1-3-7-16/h1-3,6-11,19,21,25H,4-5,12-15H2,(H,22,24). The fourth-order valence-electron chi connectivity index (χ4n) is 3.24. The van der Waals surface area contributed by atoms with Crippen LogP contribution in [-0.2, 0) is 21.4 Å². The number of carbonyl (C=O) groups is 1. The van der Waals surface area contributed by atoms with Crippen LogP contribution >= 0.6 is 0 Å². The number of sulfonamides is 1. The maximum atomic E-state index is 12.6. The molecule has 1 unspecified atom stereocenters. The van der Waals surface area contributed by atoms with Gasteiger partial charge in [-0.1, -0.05) is 30.3 Å². The zero-order chi connectivity index (χ0) is 20.7. The summed E-state index contributed by atoms with van der Waals surface area (Å²) in [5.41, 5.74) is 2.64. The third-order valence-corrected chi connectivity index (χ3v) is 6.28. The lowest BCUT2D eigenvalue weighted by Crippen LogP contribution is -2.51. The van der Waals surface area contributed by atoms with Crippen LogP contribution in [0.25, 0.3) is 0 Å². The van der Waals surface area contributed by atoms with Crippen molar-refractivity contribution in [3.05, 3.63) is 60.2 Å². The Kier molecular flexibility index (Phi) is 7.21. The van der Waals surface area contributed by atoms with Gasteiger partial charge in [-0.3, -0.25) is 14.9 Å². The zero-order valence-electron chi connectivity index (χ0n) is 16.0. The number of rotatable bonds is 9. The molecule has 1 aliphatic heterocycles. The van der Waals surface area contributed by atoms with Crippen molar-refractivity contribution in [1.82, 2.24) is 15.1 Å². The highest BCUT2D eigenvalue weighted by Crippen LogP contribution is 2.18. The Balaban J connectivity index is 1.60. The SMILES string of the molecule is O=C(NO)C(CNS(=O)(=O)c1ccc(OCc2ccccc2)cc1)N1CCCC1. The summed E-state index contributed by atoms with van der Waals surface area (Å²) < 4.78 is 33.3. The van der Waals surface area contributed by atoms with E-state index in [2.05, 4.69) is 4.72 Å². The molecule has 1 amide bonds. The van der Waals surface area contributed by atoms with Crippen molar-refractivity contribution in [3.63, 3.8) is 0 Å². The van der Waals surface area contributed by atoms with Crippen LogP contribution in [0.1, 0.15) is 18.4 Å². The van der Waals surface area contributed by atoms with Gasteiger partial charge in [0.1, 0.15) is 18.4 Å². The minimum absolute atomic E-state index is 0.0779. The summed E-state index contributed by atoms with van der Waals surface area (Å²) >= 11 is 0. The van der Waals surface area contributed by atoms with Crippen molar-refractivity contribution >= 4 is 15.9 Å². The van der Waals surface area contributed by atoms with Crippen molar-refractivity contribution in [1.29, 1.82) is 0 Å². The number of ether oxygens (including phenoxy) is 1. The van der Waals surface area contributed by atoms with Gasteiger partial charge in [-0.25, -0.2) is 18.6 Å². The van der Waals surface area contributed by atoms with Crippen LogP contribution in [0.15, 0.2) is 59.5 Å². The quantitative estimate of drug-likeness (QED) is 0.420. The average Bonchev–Trinajstić information content (AvgIpc) is 3.27. The smallest absolute Gasteiger partial charge is 0.262 e. The number of likely N-dealkylation sites (tertiary alicyclic amines) is 1. The average molecular weight is 420 g/mol. The molecule has 1 saturated heterocycles. The molecule has 1 heterocycles. The lowest BCUT2D eigenvalue weighted by atomic mass is 10.2. The third-order valence-electron chi connectivity index (χ3n) is 4.84. The van der Waals surface area contributed by atoms with E-state index < -0.39 is 22.0 Å². The van der Waals surface area contributed by atoms with Crippen LogP contribution in [0.4, 0.5) is 0 Å². The van der Waals surface area contributed by atoms with E-state index in [1.807, 2.05) is 35.2 Å². The lowest BCUT2D eigenvalue weighted by Gasteiger charge is -2.25. The molecule has 156 valence electrons. The number of amides is 1. The van der Waals surface area contributed by atoms with Crippen LogP contribution in [-0.4, -0.2) is 50.1 Å². The first-order valence-corrected chi connectivity index (χ1v) is 10.9. The van der Waals surface area contributed by atoms with Gasteiger partial charge in [-0.15, -0.1) is 0 Å². The Bertz CT molecular complexity index is 897. The third kappa shape index (κ3) is 5.77. The second-order valence-corrected chi connectivity index (χ2v) is 8.60. The number of hydrogen-bond acceptors (Lipinski definition) is 6. The fraction of sp³-hybridized carbons (Fsp3) is 0.350. The number of benzene rings is 2. The molecule has 0 aromatic heterocycles. The van der Waals surface area contributed by atoms with Crippen LogP contribution in [0.5, 0.6) is 5.75 Å². The van der Waals surface area contributed by atoms with E-state index in [0.717, 1.165) is 18.4 Å². The Labute approximate surface area is 170 Å².